The molecular formula is C27H32Cl2N2. The highest BCUT2D eigenvalue weighted by Crippen LogP contribution is 2.33. The van der Waals surface area contributed by atoms with Gasteiger partial charge < -0.3 is 0 Å². The van der Waals surface area contributed by atoms with E-state index in [1.54, 1.807) is 0 Å². The Balaban J connectivity index is 1.84. The number of aryl methyl sites for hydroxylation is 1. The van der Waals surface area contributed by atoms with E-state index in [4.69, 9.17) is 23.2 Å². The molecule has 0 unspecified atom stereocenters. The minimum absolute atomic E-state index is 0.465. The van der Waals surface area contributed by atoms with Crippen molar-refractivity contribution >= 4 is 23.2 Å². The summed E-state index contributed by atoms with van der Waals surface area (Å²) < 4.78 is 0. The molecule has 0 bridgehead atoms. The van der Waals surface area contributed by atoms with E-state index < -0.39 is 0 Å². The smallest absolute Gasteiger partial charge is 0.163 e. The fourth-order valence-electron chi connectivity index (χ4n) is 3.85. The second kappa shape index (κ2) is 12.2. The van der Waals surface area contributed by atoms with Crippen LogP contribution >= 0.6 is 23.2 Å². The van der Waals surface area contributed by atoms with Crippen molar-refractivity contribution in [2.75, 3.05) is 0 Å². The van der Waals surface area contributed by atoms with Crippen LogP contribution in [0.4, 0.5) is 0 Å². The van der Waals surface area contributed by atoms with E-state index in [-0.39, 0.29) is 0 Å². The third kappa shape index (κ3) is 6.54. The van der Waals surface area contributed by atoms with E-state index >= 15 is 0 Å². The van der Waals surface area contributed by atoms with Gasteiger partial charge in [0.25, 0.3) is 0 Å². The predicted octanol–water partition coefficient (Wildman–Crippen LogP) is 8.97. The predicted molar refractivity (Wildman–Crippen MR) is 134 cm³/mol. The Morgan fingerprint density at radius 3 is 1.87 bits per heavy atom. The first kappa shape index (κ1) is 23.8. The van der Waals surface area contributed by atoms with Crippen molar-refractivity contribution in [2.45, 2.75) is 71.6 Å². The lowest BCUT2D eigenvalue weighted by molar-refractivity contribution is 0.665. The average Bonchev–Trinajstić information content (AvgIpc) is 2.79. The van der Waals surface area contributed by atoms with E-state index in [9.17, 15) is 0 Å². The summed E-state index contributed by atoms with van der Waals surface area (Å²) in [5.41, 5.74) is 5.42. The number of aromatic nitrogens is 2. The molecule has 0 radical (unpaired) electrons. The van der Waals surface area contributed by atoms with Crippen molar-refractivity contribution in [1.82, 2.24) is 9.97 Å². The maximum absolute atomic E-state index is 6.54. The lowest BCUT2D eigenvalue weighted by atomic mass is 9.97. The molecule has 3 rings (SSSR count). The Morgan fingerprint density at radius 1 is 0.645 bits per heavy atom. The highest BCUT2D eigenvalue weighted by atomic mass is 35.5. The quantitative estimate of drug-likeness (QED) is 0.213. The first-order chi connectivity index (χ1) is 15.1. The average molecular weight is 455 g/mol. The number of benzene rings is 2. The Labute approximate surface area is 197 Å². The van der Waals surface area contributed by atoms with Crippen molar-refractivity contribution in [3.05, 3.63) is 70.0 Å². The molecule has 0 saturated carbocycles. The third-order valence-electron chi connectivity index (χ3n) is 5.69. The van der Waals surface area contributed by atoms with Crippen LogP contribution in [0.5, 0.6) is 0 Å². The van der Waals surface area contributed by atoms with Gasteiger partial charge in [-0.15, -0.1) is 0 Å². The second-order valence-corrected chi connectivity index (χ2v) is 8.83. The molecule has 1 aromatic heterocycles. The lowest BCUT2D eigenvalue weighted by Crippen LogP contribution is -1.99. The Bertz CT molecular complexity index is 944. The second-order valence-electron chi connectivity index (χ2n) is 8.12. The molecule has 3 aromatic rings. The fraction of sp³-hybridized carbons (Fsp3) is 0.407. The van der Waals surface area contributed by atoms with Crippen molar-refractivity contribution in [1.29, 1.82) is 0 Å². The molecule has 0 saturated heterocycles. The number of halogens is 2. The molecule has 4 heteroatoms. The zero-order valence-corrected chi connectivity index (χ0v) is 20.1. The summed E-state index contributed by atoms with van der Waals surface area (Å²) in [6.07, 6.45) is 10.4. The maximum atomic E-state index is 6.54. The van der Waals surface area contributed by atoms with Gasteiger partial charge >= 0.3 is 0 Å². The van der Waals surface area contributed by atoms with Gasteiger partial charge in [-0.1, -0.05) is 118 Å². The van der Waals surface area contributed by atoms with Gasteiger partial charge in [-0.05, 0) is 42.4 Å². The molecule has 164 valence electrons. The summed E-state index contributed by atoms with van der Waals surface area (Å²) >= 11 is 13.1. The van der Waals surface area contributed by atoms with E-state index in [0.717, 1.165) is 41.5 Å². The number of hydrogen-bond donors (Lipinski definition) is 0. The molecule has 0 aliphatic rings. The SMILES string of the molecule is CCCCCCc1c(Cl)nc(-c2ccccc2-c2ccc(CCCCC)cc2)nc1Cl. The molecule has 0 amide bonds. The molecule has 0 fully saturated rings. The molecule has 0 aliphatic heterocycles. The summed E-state index contributed by atoms with van der Waals surface area (Å²) in [6, 6.07) is 17.0. The van der Waals surface area contributed by atoms with Crippen LogP contribution in [-0.2, 0) is 12.8 Å². The molecular weight excluding hydrogens is 423 g/mol. The van der Waals surface area contributed by atoms with Crippen LogP contribution < -0.4 is 0 Å². The molecule has 2 aromatic carbocycles. The van der Waals surface area contributed by atoms with Gasteiger partial charge in [0.15, 0.2) is 5.82 Å². The summed E-state index contributed by atoms with van der Waals surface area (Å²) in [6.45, 7) is 4.44. The van der Waals surface area contributed by atoms with E-state index in [1.807, 2.05) is 18.2 Å². The number of nitrogens with zero attached hydrogens (tertiary/aromatic N) is 2. The Kier molecular flexibility index (Phi) is 9.36. The minimum atomic E-state index is 0.465. The number of hydrogen-bond acceptors (Lipinski definition) is 2. The number of unbranched alkanes of at least 4 members (excludes halogenated alkanes) is 5. The summed E-state index contributed by atoms with van der Waals surface area (Å²) in [4.78, 5) is 9.25. The highest BCUT2D eigenvalue weighted by molar-refractivity contribution is 6.34. The van der Waals surface area contributed by atoms with E-state index in [0.29, 0.717) is 16.1 Å². The summed E-state index contributed by atoms with van der Waals surface area (Å²) in [5, 5.41) is 0.931. The lowest BCUT2D eigenvalue weighted by Gasteiger charge is -2.12. The fourth-order valence-corrected chi connectivity index (χ4v) is 4.42. The van der Waals surface area contributed by atoms with E-state index in [2.05, 4.69) is 54.1 Å². The van der Waals surface area contributed by atoms with Crippen LogP contribution in [0.2, 0.25) is 10.3 Å². The van der Waals surface area contributed by atoms with Gasteiger partial charge in [-0.2, -0.15) is 0 Å². The van der Waals surface area contributed by atoms with E-state index in [1.165, 1.54) is 44.1 Å². The van der Waals surface area contributed by atoms with Gasteiger partial charge in [0, 0.05) is 11.1 Å². The monoisotopic (exact) mass is 454 g/mol. The zero-order valence-electron chi connectivity index (χ0n) is 18.6. The summed E-state index contributed by atoms with van der Waals surface area (Å²) in [5.74, 6) is 0.579. The van der Waals surface area contributed by atoms with Gasteiger partial charge in [0.05, 0.1) is 0 Å². The van der Waals surface area contributed by atoms with Gasteiger partial charge in [-0.25, -0.2) is 9.97 Å². The van der Waals surface area contributed by atoms with Crippen molar-refractivity contribution in [2.24, 2.45) is 0 Å². The van der Waals surface area contributed by atoms with Crippen LogP contribution in [-0.4, -0.2) is 9.97 Å². The molecule has 0 aliphatic carbocycles. The molecule has 0 atom stereocenters. The van der Waals surface area contributed by atoms with Crippen LogP contribution in [0.15, 0.2) is 48.5 Å². The van der Waals surface area contributed by atoms with Gasteiger partial charge in [-0.3, -0.25) is 0 Å². The largest absolute Gasteiger partial charge is 0.216 e. The van der Waals surface area contributed by atoms with Crippen molar-refractivity contribution in [3.63, 3.8) is 0 Å². The molecule has 0 N–H and O–H groups in total. The third-order valence-corrected chi connectivity index (χ3v) is 6.31. The zero-order chi connectivity index (χ0) is 22.1. The minimum Gasteiger partial charge on any atom is -0.216 e. The standard InChI is InChI=1S/C27H32Cl2N2/c1-3-5-7-9-15-24-25(28)30-27(31-26(24)29)23-14-11-10-13-22(23)21-18-16-20(17-19-21)12-8-6-4-2/h10-11,13-14,16-19H,3-9,12,15H2,1-2H3. The highest BCUT2D eigenvalue weighted by Gasteiger charge is 2.15. The Morgan fingerprint density at radius 2 is 1.23 bits per heavy atom. The normalized spacial score (nSPS) is 11.1. The van der Waals surface area contributed by atoms with Gasteiger partial charge in [0.2, 0.25) is 0 Å². The summed E-state index contributed by atoms with van der Waals surface area (Å²) in [7, 11) is 0. The first-order valence-electron chi connectivity index (χ1n) is 11.5. The van der Waals surface area contributed by atoms with Crippen LogP contribution in [0, 0.1) is 0 Å². The molecule has 1 heterocycles. The van der Waals surface area contributed by atoms with Gasteiger partial charge in [0.1, 0.15) is 10.3 Å². The first-order valence-corrected chi connectivity index (χ1v) is 12.3. The van der Waals surface area contributed by atoms with Crippen molar-refractivity contribution < 1.29 is 0 Å². The molecule has 0 spiro atoms. The van der Waals surface area contributed by atoms with Crippen LogP contribution in [0.25, 0.3) is 22.5 Å². The van der Waals surface area contributed by atoms with Crippen molar-refractivity contribution in [3.8, 4) is 22.5 Å². The molecule has 2 nitrogen and oxygen atoms in total. The number of rotatable bonds is 11. The Hall–Kier alpha value is -1.90. The molecule has 31 heavy (non-hydrogen) atoms. The topological polar surface area (TPSA) is 25.8 Å². The van der Waals surface area contributed by atoms with Crippen LogP contribution in [0.3, 0.4) is 0 Å². The van der Waals surface area contributed by atoms with Crippen LogP contribution in [0.1, 0.15) is 69.9 Å². The maximum Gasteiger partial charge on any atom is 0.163 e.